The molecule has 0 atom stereocenters. The Morgan fingerprint density at radius 1 is 0.394 bits per heavy atom. The molecular formula is C66H55BN2O2. The highest BCUT2D eigenvalue weighted by atomic mass is 16.3. The molecule has 344 valence electrons. The summed E-state index contributed by atoms with van der Waals surface area (Å²) in [6, 6.07) is 63.8. The maximum absolute atomic E-state index is 7.20. The number of aromatic nitrogens is 1. The summed E-state index contributed by atoms with van der Waals surface area (Å²) in [7, 11) is 0. The number of benzene rings is 9. The highest BCUT2D eigenvalue weighted by Gasteiger charge is 2.46. The molecule has 12 aromatic rings. The van der Waals surface area contributed by atoms with E-state index in [1.54, 1.807) is 0 Å². The quantitative estimate of drug-likeness (QED) is 0.166. The average Bonchev–Trinajstić information content (AvgIpc) is 4.03. The summed E-state index contributed by atoms with van der Waals surface area (Å²) in [5, 5.41) is 6.95. The van der Waals surface area contributed by atoms with Crippen molar-refractivity contribution in [2.24, 2.45) is 0 Å². The molecule has 0 unspecified atom stereocenters. The molecule has 0 spiro atoms. The lowest BCUT2D eigenvalue weighted by atomic mass is 9.33. The van der Waals surface area contributed by atoms with Gasteiger partial charge >= 0.3 is 0 Å². The van der Waals surface area contributed by atoms with Crippen LogP contribution in [0.4, 0.5) is 17.1 Å². The summed E-state index contributed by atoms with van der Waals surface area (Å²) >= 11 is 0. The molecule has 71 heavy (non-hydrogen) atoms. The van der Waals surface area contributed by atoms with E-state index in [-0.39, 0.29) is 23.0 Å². The highest BCUT2D eigenvalue weighted by molar-refractivity contribution is 7.01. The molecule has 0 radical (unpaired) electrons. The first-order chi connectivity index (χ1) is 34.1. The van der Waals surface area contributed by atoms with Crippen LogP contribution in [-0.4, -0.2) is 11.3 Å². The smallest absolute Gasteiger partial charge is 0.257 e. The van der Waals surface area contributed by atoms with E-state index >= 15 is 0 Å². The minimum absolute atomic E-state index is 0.0475. The monoisotopic (exact) mass is 918 g/mol. The van der Waals surface area contributed by atoms with Gasteiger partial charge in [0.25, 0.3) is 6.71 Å². The molecule has 0 saturated carbocycles. The van der Waals surface area contributed by atoms with E-state index in [9.17, 15) is 0 Å². The zero-order valence-corrected chi connectivity index (χ0v) is 42.0. The van der Waals surface area contributed by atoms with Gasteiger partial charge in [-0.3, -0.25) is 0 Å². The van der Waals surface area contributed by atoms with Gasteiger partial charge in [-0.15, -0.1) is 0 Å². The zero-order chi connectivity index (χ0) is 48.5. The molecule has 5 heterocycles. The minimum atomic E-state index is -0.203. The predicted octanol–water partition coefficient (Wildman–Crippen LogP) is 16.4. The van der Waals surface area contributed by atoms with Crippen LogP contribution in [0.3, 0.4) is 0 Å². The number of nitrogens with zero attached hydrogens (tertiary/aromatic N) is 2. The maximum atomic E-state index is 7.20. The Labute approximate surface area is 415 Å². The first-order valence-electron chi connectivity index (χ1n) is 25.3. The van der Waals surface area contributed by atoms with Crippen molar-refractivity contribution in [1.29, 1.82) is 0 Å². The SMILES string of the molecule is CC(C)(C)c1cccc(-c2cccc(-c3cccc(C(C)(C)C)c3)c2N2c3cc4c(cc3B3c5c2cc(C(C)(C)C)cc5-n2c5ccccc5c5cc6c(oc7ccccc76)c3c52)oc2ccccc24)c1. The molecule has 2 aliphatic heterocycles. The van der Waals surface area contributed by atoms with Crippen molar-refractivity contribution in [2.45, 2.75) is 78.6 Å². The summed E-state index contributed by atoms with van der Waals surface area (Å²) in [4.78, 5) is 2.66. The Bertz CT molecular complexity index is 4180. The van der Waals surface area contributed by atoms with Crippen LogP contribution in [-0.2, 0) is 16.2 Å². The number of para-hydroxylation sites is 4. The van der Waals surface area contributed by atoms with Gasteiger partial charge in [-0.05, 0) is 109 Å². The Balaban J connectivity index is 1.21. The highest BCUT2D eigenvalue weighted by Crippen LogP contribution is 2.52. The largest absolute Gasteiger partial charge is 0.457 e. The van der Waals surface area contributed by atoms with Crippen molar-refractivity contribution < 1.29 is 8.83 Å². The van der Waals surface area contributed by atoms with E-state index in [1.807, 2.05) is 0 Å². The fourth-order valence-electron chi connectivity index (χ4n) is 12.2. The van der Waals surface area contributed by atoms with E-state index in [0.717, 1.165) is 55.3 Å². The lowest BCUT2D eigenvalue weighted by Crippen LogP contribution is -2.60. The van der Waals surface area contributed by atoms with Gasteiger partial charge in [0.05, 0.1) is 16.7 Å². The van der Waals surface area contributed by atoms with Crippen molar-refractivity contribution in [3.05, 3.63) is 187 Å². The summed E-state index contributed by atoms with van der Waals surface area (Å²) in [6.45, 7) is 20.7. The zero-order valence-electron chi connectivity index (χ0n) is 42.0. The van der Waals surface area contributed by atoms with Gasteiger partial charge in [-0.2, -0.15) is 0 Å². The molecule has 9 aromatic carbocycles. The van der Waals surface area contributed by atoms with Crippen molar-refractivity contribution in [2.75, 3.05) is 4.90 Å². The molecule has 2 aliphatic rings. The van der Waals surface area contributed by atoms with Gasteiger partial charge in [0.1, 0.15) is 22.3 Å². The van der Waals surface area contributed by atoms with Gasteiger partial charge in [-0.25, -0.2) is 0 Å². The van der Waals surface area contributed by atoms with Gasteiger partial charge in [0.15, 0.2) is 0 Å². The van der Waals surface area contributed by atoms with Gasteiger partial charge < -0.3 is 18.3 Å². The van der Waals surface area contributed by atoms with Crippen molar-refractivity contribution in [1.82, 2.24) is 4.57 Å². The number of rotatable bonds is 3. The number of hydrogen-bond donors (Lipinski definition) is 0. The third-order valence-corrected chi connectivity index (χ3v) is 15.8. The standard InChI is InChI=1S/C66H55BN2O2/c1-64(2,3)40-21-16-19-38(31-40)43-26-18-27-44(39-20-17-22-41(32-39)65(4,5)6)61(43)69-53-36-48-46-24-11-14-29-56(46)70-58(48)37-51(53)67-59-54(33-42(34-55(59)69)66(7,8)9)68-52-28-13-10-23-45(52)49-35-50-47-25-12-15-30-57(47)71-63(50)60(67)62(49)68/h10-37H,1-9H3. The second-order valence-corrected chi connectivity index (χ2v) is 23.3. The van der Waals surface area contributed by atoms with E-state index in [4.69, 9.17) is 8.83 Å². The summed E-state index contributed by atoms with van der Waals surface area (Å²) in [5.41, 5.74) is 22.6. The molecule has 14 rings (SSSR count). The lowest BCUT2D eigenvalue weighted by molar-refractivity contribution is 0.590. The lowest BCUT2D eigenvalue weighted by Gasteiger charge is -2.42. The van der Waals surface area contributed by atoms with E-state index in [1.165, 1.54) is 88.5 Å². The first kappa shape index (κ1) is 42.2. The van der Waals surface area contributed by atoms with Crippen molar-refractivity contribution in [3.63, 3.8) is 0 Å². The maximum Gasteiger partial charge on any atom is 0.257 e. The van der Waals surface area contributed by atoms with Crippen molar-refractivity contribution in [3.8, 4) is 27.9 Å². The van der Waals surface area contributed by atoms with Crippen LogP contribution < -0.4 is 21.3 Å². The van der Waals surface area contributed by atoms with Crippen LogP contribution >= 0.6 is 0 Å². The molecular weight excluding hydrogens is 864 g/mol. The molecule has 3 aromatic heterocycles. The molecule has 0 bridgehead atoms. The summed E-state index contributed by atoms with van der Waals surface area (Å²) < 4.78 is 16.7. The fourth-order valence-corrected chi connectivity index (χ4v) is 12.2. The third-order valence-electron chi connectivity index (χ3n) is 15.8. The van der Waals surface area contributed by atoms with E-state index < -0.39 is 0 Å². The molecule has 0 fully saturated rings. The molecule has 0 saturated heterocycles. The van der Waals surface area contributed by atoms with Crippen LogP contribution in [0.25, 0.3) is 93.6 Å². The number of fused-ring (bicyclic) bond motifs is 14. The van der Waals surface area contributed by atoms with Gasteiger partial charge in [-0.1, -0.05) is 184 Å². The second kappa shape index (κ2) is 14.4. The van der Waals surface area contributed by atoms with Crippen LogP contribution in [0, 0.1) is 0 Å². The van der Waals surface area contributed by atoms with Gasteiger partial charge in [0.2, 0.25) is 0 Å². The summed E-state index contributed by atoms with van der Waals surface area (Å²) in [5.74, 6) is 0. The number of anilines is 3. The van der Waals surface area contributed by atoms with Crippen LogP contribution in [0.5, 0.6) is 0 Å². The average molecular weight is 919 g/mol. The Morgan fingerprint density at radius 2 is 0.958 bits per heavy atom. The first-order valence-corrected chi connectivity index (χ1v) is 25.3. The normalized spacial score (nSPS) is 13.6. The van der Waals surface area contributed by atoms with Gasteiger partial charge in [0, 0.05) is 60.5 Å². The van der Waals surface area contributed by atoms with Crippen LogP contribution in [0.2, 0.25) is 0 Å². The molecule has 0 aliphatic carbocycles. The van der Waals surface area contributed by atoms with Crippen LogP contribution in [0.15, 0.2) is 179 Å². The minimum Gasteiger partial charge on any atom is -0.457 e. The Hall–Kier alpha value is -7.76. The molecule has 0 N–H and O–H groups in total. The Morgan fingerprint density at radius 3 is 1.61 bits per heavy atom. The topological polar surface area (TPSA) is 34.5 Å². The van der Waals surface area contributed by atoms with Crippen LogP contribution in [0.1, 0.15) is 79.0 Å². The van der Waals surface area contributed by atoms with Crippen molar-refractivity contribution >= 4 is 106 Å². The number of furan rings is 2. The third kappa shape index (κ3) is 6.05. The van der Waals surface area contributed by atoms with E-state index in [0.29, 0.717) is 0 Å². The second-order valence-electron chi connectivity index (χ2n) is 23.3. The number of hydrogen-bond acceptors (Lipinski definition) is 3. The Kier molecular flexibility index (Phi) is 8.56. The predicted molar refractivity (Wildman–Crippen MR) is 302 cm³/mol. The fraction of sp³-hybridized carbons (Fsp3) is 0.182. The molecule has 4 nitrogen and oxygen atoms in total. The molecule has 5 heteroatoms. The molecule has 0 amide bonds. The summed E-state index contributed by atoms with van der Waals surface area (Å²) in [6.07, 6.45) is 0. The van der Waals surface area contributed by atoms with E-state index in [2.05, 4.69) is 242 Å².